The van der Waals surface area contributed by atoms with Crippen LogP contribution in [0.1, 0.15) is 0 Å². The fourth-order valence-electron chi connectivity index (χ4n) is 0.507. The van der Waals surface area contributed by atoms with E-state index in [-0.39, 0.29) is 3.91 Å². The molecule has 0 heterocycles. The number of alkyl halides is 1. The Bertz CT molecular complexity index is 250. The molecule has 0 atom stereocenters. The van der Waals surface area contributed by atoms with Gasteiger partial charge in [0.25, 0.3) is 0 Å². The summed E-state index contributed by atoms with van der Waals surface area (Å²) in [5.41, 5.74) is 8.15. The summed E-state index contributed by atoms with van der Waals surface area (Å²) in [4.78, 5) is 12.7. The number of hydrogen-bond donors (Lipinski definition) is 3. The van der Waals surface area contributed by atoms with E-state index in [9.17, 15) is 4.79 Å². The second-order valence-corrected chi connectivity index (χ2v) is 4.23. The Morgan fingerprint density at radius 1 is 1.71 bits per heavy atom. The zero-order valence-electron chi connectivity index (χ0n) is 7.96. The van der Waals surface area contributed by atoms with Crippen LogP contribution in [0.5, 0.6) is 0 Å². The van der Waals surface area contributed by atoms with Crippen LogP contribution < -0.4 is 37.7 Å². The number of carbonyl (C=O) groups is 1. The van der Waals surface area contributed by atoms with E-state index in [1.807, 2.05) is 4.93 Å². The minimum absolute atomic E-state index is 0.0188. The van der Waals surface area contributed by atoms with Crippen molar-refractivity contribution in [1.29, 1.82) is 0 Å². The second-order valence-electron chi connectivity index (χ2n) is 2.17. The summed E-state index contributed by atoms with van der Waals surface area (Å²) in [5, 5.41) is 6.63. The average Bonchev–Trinajstić information content (AvgIpc) is 2.18. The number of amides is 1. The third-order valence-electron chi connectivity index (χ3n) is 1.13. The number of carbonyl (C=O) groups excluding carboxylic acids is 1. The summed E-state index contributed by atoms with van der Waals surface area (Å²) in [7, 11) is 0. The standard InChI is InChI=1S/C8H14IN4O/c1-7(11-5-3-4-10)6-12-13-8(14)9-2/h3-4,6,11H,1,5,10H2,2H3,(H,13,14)/q-1/b4-3+,12-6+. The molecule has 0 aromatic rings. The van der Waals surface area contributed by atoms with Gasteiger partial charge in [-0.3, -0.25) is 0 Å². The molecule has 5 nitrogen and oxygen atoms in total. The Kier molecular flexibility index (Phi) is 7.90. The monoisotopic (exact) mass is 309 g/mol. The van der Waals surface area contributed by atoms with Crippen molar-refractivity contribution >= 4 is 10.1 Å². The van der Waals surface area contributed by atoms with Crippen LogP contribution in [-0.4, -0.2) is 21.6 Å². The quantitative estimate of drug-likeness (QED) is 0.122. The van der Waals surface area contributed by atoms with E-state index in [1.165, 1.54) is 12.4 Å². The zero-order chi connectivity index (χ0) is 10.8. The Morgan fingerprint density at radius 3 is 3.00 bits per heavy atom. The normalized spacial score (nSPS) is 10.9. The molecule has 0 aliphatic heterocycles. The molecule has 0 spiro atoms. The van der Waals surface area contributed by atoms with Crippen LogP contribution in [0.15, 0.2) is 29.7 Å². The first kappa shape index (κ1) is 12.9. The van der Waals surface area contributed by atoms with Crippen molar-refractivity contribution in [2.24, 2.45) is 10.8 Å². The number of nitrogens with one attached hydrogen (secondary N) is 2. The third kappa shape index (κ3) is 7.59. The number of allylic oxidation sites excluding steroid dienone is 1. The van der Waals surface area contributed by atoms with E-state index in [2.05, 4.69) is 22.4 Å². The van der Waals surface area contributed by atoms with Gasteiger partial charge in [0.15, 0.2) is 0 Å². The van der Waals surface area contributed by atoms with Crippen molar-refractivity contribution < 1.29 is 26.0 Å². The first-order valence-corrected chi connectivity index (χ1v) is 7.06. The van der Waals surface area contributed by atoms with Gasteiger partial charge in [-0.25, -0.2) is 0 Å². The molecule has 80 valence electrons. The number of rotatable bonds is 6. The molecule has 0 bridgehead atoms. The molecule has 0 rings (SSSR count). The molecule has 0 aliphatic rings. The molecule has 0 aromatic carbocycles. The minimum atomic E-state index is -0.444. The molecule has 0 aliphatic carbocycles. The van der Waals surface area contributed by atoms with Crippen molar-refractivity contribution in [2.45, 2.75) is 0 Å². The van der Waals surface area contributed by atoms with Gasteiger partial charge in [-0.15, -0.1) is 0 Å². The molecular formula is C8H14IN4O-. The first-order valence-electron chi connectivity index (χ1n) is 3.82. The van der Waals surface area contributed by atoms with Gasteiger partial charge in [0.2, 0.25) is 0 Å². The van der Waals surface area contributed by atoms with Crippen LogP contribution in [-0.2, 0) is 0 Å². The van der Waals surface area contributed by atoms with Crippen LogP contribution in [0.3, 0.4) is 0 Å². The molecular weight excluding hydrogens is 295 g/mol. The topological polar surface area (TPSA) is 79.5 Å². The summed E-state index contributed by atoms with van der Waals surface area (Å²) in [6.45, 7) is 4.27. The molecule has 6 heteroatoms. The number of hydrogen-bond acceptors (Lipinski definition) is 4. The van der Waals surface area contributed by atoms with E-state index in [1.54, 1.807) is 6.08 Å². The maximum absolute atomic E-state index is 10.8. The van der Waals surface area contributed by atoms with Crippen LogP contribution in [0.25, 0.3) is 0 Å². The summed E-state index contributed by atoms with van der Waals surface area (Å²) < 4.78 is -0.0188. The average molecular weight is 309 g/mol. The first-order chi connectivity index (χ1) is 6.70. The molecule has 4 N–H and O–H groups in total. The Balaban J connectivity index is 3.65. The van der Waals surface area contributed by atoms with Crippen LogP contribution in [0, 0.1) is 0 Å². The predicted molar refractivity (Wildman–Crippen MR) is 53.4 cm³/mol. The number of nitrogens with zero attached hydrogens (tertiary/aromatic N) is 1. The molecule has 0 unspecified atom stereocenters. The van der Waals surface area contributed by atoms with Crippen molar-refractivity contribution in [1.82, 2.24) is 10.7 Å². The van der Waals surface area contributed by atoms with Gasteiger partial charge >= 0.3 is 93.7 Å². The van der Waals surface area contributed by atoms with Gasteiger partial charge in [-0.2, -0.15) is 0 Å². The SMILES string of the molecule is C=C(/C=N/NC(=O)[I-]C)NC/C=C/N. The Labute approximate surface area is 93.8 Å². The predicted octanol–water partition coefficient (Wildman–Crippen LogP) is -3.02. The zero-order valence-corrected chi connectivity index (χ0v) is 10.1. The molecule has 0 radical (unpaired) electrons. The maximum atomic E-state index is 10.8. The fraction of sp³-hybridized carbons (Fsp3) is 0.250. The summed E-state index contributed by atoms with van der Waals surface area (Å²) in [6.07, 6.45) is 4.65. The molecule has 0 saturated heterocycles. The van der Waals surface area contributed by atoms with Gasteiger partial charge in [-0.05, 0) is 0 Å². The molecule has 0 aromatic heterocycles. The number of hydrazone groups is 1. The Morgan fingerprint density at radius 2 is 2.43 bits per heavy atom. The van der Waals surface area contributed by atoms with Gasteiger partial charge < -0.3 is 0 Å². The molecule has 0 saturated carbocycles. The van der Waals surface area contributed by atoms with Gasteiger partial charge in [-0.1, -0.05) is 0 Å². The molecule has 14 heavy (non-hydrogen) atoms. The van der Waals surface area contributed by atoms with Gasteiger partial charge in [0.1, 0.15) is 0 Å². The molecule has 1 amide bonds. The summed E-state index contributed by atoms with van der Waals surface area (Å²) in [5.74, 6) is 0. The van der Waals surface area contributed by atoms with Crippen LogP contribution >= 0.6 is 0 Å². The van der Waals surface area contributed by atoms with Crippen LogP contribution in [0.2, 0.25) is 0 Å². The number of nitrogens with two attached hydrogens (primary N) is 1. The second kappa shape index (κ2) is 8.54. The van der Waals surface area contributed by atoms with E-state index in [4.69, 9.17) is 5.73 Å². The fourth-order valence-corrected chi connectivity index (χ4v) is 0.887. The Hall–Kier alpha value is -1.05. The summed E-state index contributed by atoms with van der Waals surface area (Å²) >= 11 is -0.444. The van der Waals surface area contributed by atoms with Crippen molar-refractivity contribution in [3.63, 3.8) is 0 Å². The third-order valence-corrected chi connectivity index (χ3v) is 2.35. The van der Waals surface area contributed by atoms with Crippen molar-refractivity contribution in [3.8, 4) is 0 Å². The summed E-state index contributed by atoms with van der Waals surface area (Å²) in [6, 6.07) is 0. The van der Waals surface area contributed by atoms with Gasteiger partial charge in [0, 0.05) is 0 Å². The van der Waals surface area contributed by atoms with Crippen molar-refractivity contribution in [2.75, 3.05) is 11.5 Å². The number of halogens is 1. The van der Waals surface area contributed by atoms with E-state index >= 15 is 0 Å². The van der Waals surface area contributed by atoms with E-state index in [0.717, 1.165) is 0 Å². The van der Waals surface area contributed by atoms with Gasteiger partial charge in [0.05, 0.1) is 0 Å². The van der Waals surface area contributed by atoms with E-state index in [0.29, 0.717) is 12.2 Å². The van der Waals surface area contributed by atoms with Crippen molar-refractivity contribution in [3.05, 3.63) is 24.6 Å². The molecule has 0 fully saturated rings. The van der Waals surface area contributed by atoms with E-state index < -0.39 is 21.2 Å². The van der Waals surface area contributed by atoms with Crippen LogP contribution in [0.4, 0.5) is 4.79 Å².